The van der Waals surface area contributed by atoms with Gasteiger partial charge in [-0.1, -0.05) is 26.7 Å². The molecule has 0 N–H and O–H groups in total. The van der Waals surface area contributed by atoms with E-state index in [-0.39, 0.29) is 17.7 Å². The van der Waals surface area contributed by atoms with Crippen molar-refractivity contribution in [2.45, 2.75) is 40.0 Å². The Bertz CT molecular complexity index is 189. The second-order valence-corrected chi connectivity index (χ2v) is 3.46. The van der Waals surface area contributed by atoms with Crippen LogP contribution in [-0.2, 0) is 9.59 Å². The molecule has 0 bridgehead atoms. The SMILES string of the molecule is CCCCC(C)C(=O)N(C)C(C)=O. The minimum Gasteiger partial charge on any atom is -0.286 e. The zero-order valence-corrected chi connectivity index (χ0v) is 8.96. The third kappa shape index (κ3) is 4.06. The van der Waals surface area contributed by atoms with Crippen molar-refractivity contribution >= 4 is 11.8 Å². The first-order valence-electron chi connectivity index (χ1n) is 4.78. The maximum Gasteiger partial charge on any atom is 0.231 e. The summed E-state index contributed by atoms with van der Waals surface area (Å²) in [5.74, 6) is -0.289. The maximum atomic E-state index is 11.5. The molecular formula is C10H19NO2. The number of imide groups is 1. The standard InChI is InChI=1S/C10H19NO2/c1-5-6-7-8(2)10(13)11(4)9(3)12/h8H,5-7H2,1-4H3. The highest BCUT2D eigenvalue weighted by atomic mass is 16.2. The summed E-state index contributed by atoms with van der Waals surface area (Å²) in [6.45, 7) is 5.37. The van der Waals surface area contributed by atoms with Gasteiger partial charge in [0.25, 0.3) is 0 Å². The van der Waals surface area contributed by atoms with Crippen molar-refractivity contribution in [1.82, 2.24) is 4.90 Å². The van der Waals surface area contributed by atoms with Crippen LogP contribution in [0.2, 0.25) is 0 Å². The van der Waals surface area contributed by atoms with Gasteiger partial charge in [-0.2, -0.15) is 0 Å². The quantitative estimate of drug-likeness (QED) is 0.670. The lowest BCUT2D eigenvalue weighted by Crippen LogP contribution is -2.35. The van der Waals surface area contributed by atoms with Crippen molar-refractivity contribution < 1.29 is 9.59 Å². The van der Waals surface area contributed by atoms with Crippen LogP contribution in [0.15, 0.2) is 0 Å². The fourth-order valence-electron chi connectivity index (χ4n) is 1.12. The van der Waals surface area contributed by atoms with Gasteiger partial charge in [-0.3, -0.25) is 14.5 Å². The van der Waals surface area contributed by atoms with Crippen molar-refractivity contribution in [3.05, 3.63) is 0 Å². The first kappa shape index (κ1) is 12.1. The number of hydrogen-bond acceptors (Lipinski definition) is 2. The average molecular weight is 185 g/mol. The highest BCUT2D eigenvalue weighted by Crippen LogP contribution is 2.10. The molecule has 0 aromatic carbocycles. The van der Waals surface area contributed by atoms with Gasteiger partial charge in [-0.05, 0) is 6.42 Å². The summed E-state index contributed by atoms with van der Waals surface area (Å²) in [7, 11) is 1.53. The molecule has 0 aliphatic heterocycles. The predicted molar refractivity (Wildman–Crippen MR) is 52.1 cm³/mol. The number of nitrogens with zero attached hydrogens (tertiary/aromatic N) is 1. The van der Waals surface area contributed by atoms with Gasteiger partial charge in [0.15, 0.2) is 0 Å². The van der Waals surface area contributed by atoms with E-state index in [9.17, 15) is 9.59 Å². The number of rotatable bonds is 4. The summed E-state index contributed by atoms with van der Waals surface area (Å²) in [4.78, 5) is 23.6. The van der Waals surface area contributed by atoms with Crippen molar-refractivity contribution in [2.24, 2.45) is 5.92 Å². The van der Waals surface area contributed by atoms with Crippen LogP contribution in [0, 0.1) is 5.92 Å². The Hall–Kier alpha value is -0.860. The molecule has 0 aliphatic carbocycles. The Morgan fingerprint density at radius 3 is 2.31 bits per heavy atom. The normalized spacial score (nSPS) is 12.3. The van der Waals surface area contributed by atoms with Crippen LogP contribution in [-0.4, -0.2) is 23.8 Å². The van der Waals surface area contributed by atoms with Gasteiger partial charge in [0.2, 0.25) is 11.8 Å². The van der Waals surface area contributed by atoms with Crippen molar-refractivity contribution in [3.63, 3.8) is 0 Å². The molecule has 3 nitrogen and oxygen atoms in total. The van der Waals surface area contributed by atoms with Crippen molar-refractivity contribution in [3.8, 4) is 0 Å². The van der Waals surface area contributed by atoms with E-state index in [4.69, 9.17) is 0 Å². The van der Waals surface area contributed by atoms with Crippen molar-refractivity contribution in [1.29, 1.82) is 0 Å². The van der Waals surface area contributed by atoms with Crippen LogP contribution >= 0.6 is 0 Å². The van der Waals surface area contributed by atoms with E-state index in [1.807, 2.05) is 6.92 Å². The van der Waals surface area contributed by atoms with Gasteiger partial charge in [0, 0.05) is 19.9 Å². The second-order valence-electron chi connectivity index (χ2n) is 3.46. The summed E-state index contributed by atoms with van der Waals surface area (Å²) in [5, 5.41) is 0. The summed E-state index contributed by atoms with van der Waals surface area (Å²) in [5.41, 5.74) is 0. The molecule has 0 saturated heterocycles. The van der Waals surface area contributed by atoms with E-state index >= 15 is 0 Å². The highest BCUT2D eigenvalue weighted by molar-refractivity contribution is 5.94. The lowest BCUT2D eigenvalue weighted by molar-refractivity contribution is -0.144. The Balaban J connectivity index is 4.01. The summed E-state index contributed by atoms with van der Waals surface area (Å²) < 4.78 is 0. The third-order valence-corrected chi connectivity index (χ3v) is 2.22. The molecule has 0 aliphatic rings. The predicted octanol–water partition coefficient (Wildman–Crippen LogP) is 1.82. The van der Waals surface area contributed by atoms with Gasteiger partial charge in [0.05, 0.1) is 0 Å². The fourth-order valence-corrected chi connectivity index (χ4v) is 1.12. The van der Waals surface area contributed by atoms with Crippen molar-refractivity contribution in [2.75, 3.05) is 7.05 Å². The molecule has 0 saturated carbocycles. The highest BCUT2D eigenvalue weighted by Gasteiger charge is 2.18. The lowest BCUT2D eigenvalue weighted by atomic mass is 10.0. The van der Waals surface area contributed by atoms with Crippen LogP contribution in [0.25, 0.3) is 0 Å². The lowest BCUT2D eigenvalue weighted by Gasteiger charge is -2.17. The zero-order valence-electron chi connectivity index (χ0n) is 8.96. The largest absolute Gasteiger partial charge is 0.286 e. The molecule has 0 rings (SSSR count). The van der Waals surface area contributed by atoms with E-state index in [0.717, 1.165) is 19.3 Å². The first-order valence-corrected chi connectivity index (χ1v) is 4.78. The third-order valence-electron chi connectivity index (χ3n) is 2.22. The van der Waals surface area contributed by atoms with Crippen LogP contribution < -0.4 is 0 Å². The van der Waals surface area contributed by atoms with E-state index in [1.165, 1.54) is 18.9 Å². The minimum absolute atomic E-state index is 0.0335. The van der Waals surface area contributed by atoms with E-state index < -0.39 is 0 Å². The smallest absolute Gasteiger partial charge is 0.231 e. The molecule has 2 amide bonds. The first-order chi connectivity index (χ1) is 6.00. The van der Waals surface area contributed by atoms with Crippen LogP contribution in [0.3, 0.4) is 0 Å². The van der Waals surface area contributed by atoms with Crippen LogP contribution in [0.4, 0.5) is 0 Å². The van der Waals surface area contributed by atoms with Gasteiger partial charge in [-0.15, -0.1) is 0 Å². The second kappa shape index (κ2) is 5.73. The van der Waals surface area contributed by atoms with Gasteiger partial charge in [-0.25, -0.2) is 0 Å². The number of hydrogen-bond donors (Lipinski definition) is 0. The van der Waals surface area contributed by atoms with Gasteiger partial charge in [0.1, 0.15) is 0 Å². The average Bonchev–Trinajstić information content (AvgIpc) is 2.11. The molecule has 13 heavy (non-hydrogen) atoms. The number of amides is 2. The monoisotopic (exact) mass is 185 g/mol. The van der Waals surface area contributed by atoms with E-state index in [2.05, 4.69) is 6.92 Å². The Kier molecular flexibility index (Phi) is 5.35. The molecule has 0 spiro atoms. The van der Waals surface area contributed by atoms with E-state index in [1.54, 1.807) is 0 Å². The molecule has 0 aromatic heterocycles. The molecule has 1 atom stereocenters. The van der Waals surface area contributed by atoms with E-state index in [0.29, 0.717) is 0 Å². The molecule has 0 heterocycles. The van der Waals surface area contributed by atoms with Gasteiger partial charge < -0.3 is 0 Å². The van der Waals surface area contributed by atoms with Gasteiger partial charge >= 0.3 is 0 Å². The topological polar surface area (TPSA) is 37.4 Å². The van der Waals surface area contributed by atoms with Crippen LogP contribution in [0.5, 0.6) is 0 Å². The molecule has 76 valence electrons. The Labute approximate surface area is 80.1 Å². The molecular weight excluding hydrogens is 166 g/mol. The molecule has 1 unspecified atom stereocenters. The molecule has 0 aromatic rings. The summed E-state index contributed by atoms with van der Waals surface area (Å²) in [6.07, 6.45) is 2.99. The molecule has 3 heteroatoms. The Morgan fingerprint density at radius 2 is 1.92 bits per heavy atom. The number of carbonyl (C=O) groups excluding carboxylic acids is 2. The molecule has 0 fully saturated rings. The number of carbonyl (C=O) groups is 2. The fraction of sp³-hybridized carbons (Fsp3) is 0.800. The number of unbranched alkanes of at least 4 members (excludes halogenated alkanes) is 1. The molecule has 0 radical (unpaired) electrons. The summed E-state index contributed by atoms with van der Waals surface area (Å²) >= 11 is 0. The zero-order chi connectivity index (χ0) is 10.4. The minimum atomic E-state index is -0.187. The van der Waals surface area contributed by atoms with Crippen LogP contribution in [0.1, 0.15) is 40.0 Å². The Morgan fingerprint density at radius 1 is 1.38 bits per heavy atom. The summed E-state index contributed by atoms with van der Waals surface area (Å²) in [6, 6.07) is 0. The maximum absolute atomic E-state index is 11.5.